The summed E-state index contributed by atoms with van der Waals surface area (Å²) in [6.07, 6.45) is 1.12. The molecule has 0 aromatic carbocycles. The van der Waals surface area contributed by atoms with Crippen molar-refractivity contribution in [2.24, 2.45) is 11.7 Å². The molecule has 1 rings (SSSR count). The topological polar surface area (TPSA) is 32.5 Å². The van der Waals surface area contributed by atoms with Gasteiger partial charge in [-0.3, -0.25) is 4.90 Å². The molecule has 3 heteroatoms. The van der Waals surface area contributed by atoms with Crippen LogP contribution in [0.3, 0.4) is 0 Å². The van der Waals surface area contributed by atoms with Crippen LogP contribution in [0, 0.1) is 5.92 Å². The Hall–Kier alpha value is -0.120. The van der Waals surface area contributed by atoms with Crippen LogP contribution in [0.2, 0.25) is 0 Å². The van der Waals surface area contributed by atoms with Gasteiger partial charge in [0.1, 0.15) is 0 Å². The maximum absolute atomic E-state index is 5.68. The summed E-state index contributed by atoms with van der Waals surface area (Å²) < 4.78 is 0. The first-order valence-electron chi connectivity index (χ1n) is 6.19. The minimum atomic E-state index is 0.641. The molecule has 90 valence electrons. The van der Waals surface area contributed by atoms with Crippen LogP contribution in [0.5, 0.6) is 0 Å². The number of rotatable bonds is 3. The fourth-order valence-electron chi connectivity index (χ4n) is 2.51. The number of nitrogens with two attached hydrogens (primary N) is 1. The Kier molecular flexibility index (Phi) is 5.03. The summed E-state index contributed by atoms with van der Waals surface area (Å²) in [6.45, 7) is 11.3. The Balaban J connectivity index is 2.63. The van der Waals surface area contributed by atoms with Crippen LogP contribution in [-0.4, -0.2) is 55.1 Å². The van der Waals surface area contributed by atoms with Crippen molar-refractivity contribution >= 4 is 0 Å². The first-order chi connectivity index (χ1) is 7.04. The maximum Gasteiger partial charge on any atom is 0.0232 e. The molecule has 0 aromatic rings. The smallest absolute Gasteiger partial charge is 0.0232 e. The van der Waals surface area contributed by atoms with E-state index in [0.717, 1.165) is 18.9 Å². The highest BCUT2D eigenvalue weighted by molar-refractivity contribution is 4.82. The monoisotopic (exact) mass is 213 g/mol. The number of hydrogen-bond acceptors (Lipinski definition) is 3. The summed E-state index contributed by atoms with van der Waals surface area (Å²) in [5, 5.41) is 0. The van der Waals surface area contributed by atoms with Crippen LogP contribution in [0.1, 0.15) is 27.2 Å². The summed E-state index contributed by atoms with van der Waals surface area (Å²) in [5.74, 6) is 0.764. The second-order valence-electron chi connectivity index (χ2n) is 5.32. The van der Waals surface area contributed by atoms with Crippen LogP contribution in [0.15, 0.2) is 0 Å². The molecule has 15 heavy (non-hydrogen) atoms. The van der Waals surface area contributed by atoms with Gasteiger partial charge in [-0.1, -0.05) is 6.92 Å². The predicted octanol–water partition coefficient (Wildman–Crippen LogP) is 0.996. The van der Waals surface area contributed by atoms with Crippen molar-refractivity contribution in [2.75, 3.05) is 33.2 Å². The van der Waals surface area contributed by atoms with Gasteiger partial charge in [-0.15, -0.1) is 0 Å². The van der Waals surface area contributed by atoms with Gasteiger partial charge in [0, 0.05) is 31.7 Å². The van der Waals surface area contributed by atoms with Crippen LogP contribution in [0.25, 0.3) is 0 Å². The molecule has 2 unspecified atom stereocenters. The second-order valence-corrected chi connectivity index (χ2v) is 5.32. The zero-order valence-corrected chi connectivity index (χ0v) is 10.7. The van der Waals surface area contributed by atoms with Crippen molar-refractivity contribution in [1.29, 1.82) is 0 Å². The highest BCUT2D eigenvalue weighted by atomic mass is 15.2. The van der Waals surface area contributed by atoms with E-state index < -0.39 is 0 Å². The third-order valence-corrected chi connectivity index (χ3v) is 3.44. The normalized spacial score (nSPS) is 30.8. The quantitative estimate of drug-likeness (QED) is 0.759. The van der Waals surface area contributed by atoms with Crippen LogP contribution < -0.4 is 5.73 Å². The van der Waals surface area contributed by atoms with Crippen LogP contribution in [-0.2, 0) is 0 Å². The molecular formula is C12H27N3. The molecule has 0 spiro atoms. The molecule has 1 fully saturated rings. The predicted molar refractivity (Wildman–Crippen MR) is 66.0 cm³/mol. The average molecular weight is 213 g/mol. The molecule has 0 saturated carbocycles. The largest absolute Gasteiger partial charge is 0.330 e. The fourth-order valence-corrected chi connectivity index (χ4v) is 2.51. The van der Waals surface area contributed by atoms with E-state index in [9.17, 15) is 0 Å². The molecule has 1 aliphatic heterocycles. The van der Waals surface area contributed by atoms with Gasteiger partial charge < -0.3 is 10.6 Å². The van der Waals surface area contributed by atoms with Crippen molar-refractivity contribution in [3.63, 3.8) is 0 Å². The standard InChI is InChI=1S/C12H27N3/c1-10(2)15-8-11(3)7-14(4)12(9-15)5-6-13/h10-12H,5-9,13H2,1-4H3. The third-order valence-electron chi connectivity index (χ3n) is 3.44. The van der Waals surface area contributed by atoms with Gasteiger partial charge in [-0.2, -0.15) is 0 Å². The van der Waals surface area contributed by atoms with E-state index in [4.69, 9.17) is 5.73 Å². The zero-order valence-electron chi connectivity index (χ0n) is 10.7. The molecule has 0 aromatic heterocycles. The van der Waals surface area contributed by atoms with E-state index in [2.05, 4.69) is 37.6 Å². The van der Waals surface area contributed by atoms with Crippen molar-refractivity contribution in [3.8, 4) is 0 Å². The highest BCUT2D eigenvalue weighted by Crippen LogP contribution is 2.16. The molecule has 1 heterocycles. The van der Waals surface area contributed by atoms with Gasteiger partial charge in [0.2, 0.25) is 0 Å². The number of likely N-dealkylation sites (N-methyl/N-ethyl adjacent to an activating group) is 1. The van der Waals surface area contributed by atoms with E-state index in [0.29, 0.717) is 12.1 Å². The molecule has 1 aliphatic rings. The van der Waals surface area contributed by atoms with Crippen molar-refractivity contribution in [2.45, 2.75) is 39.3 Å². The summed E-state index contributed by atoms with van der Waals surface area (Å²) in [4.78, 5) is 5.08. The minimum Gasteiger partial charge on any atom is -0.330 e. The summed E-state index contributed by atoms with van der Waals surface area (Å²) >= 11 is 0. The zero-order chi connectivity index (χ0) is 11.4. The lowest BCUT2D eigenvalue weighted by Crippen LogP contribution is -2.42. The Labute approximate surface area is 94.6 Å². The number of hydrogen-bond donors (Lipinski definition) is 1. The van der Waals surface area contributed by atoms with Crippen LogP contribution >= 0.6 is 0 Å². The lowest BCUT2D eigenvalue weighted by Gasteiger charge is -2.30. The molecule has 0 amide bonds. The van der Waals surface area contributed by atoms with Gasteiger partial charge in [0.25, 0.3) is 0 Å². The Morgan fingerprint density at radius 2 is 1.93 bits per heavy atom. The summed E-state index contributed by atoms with van der Waals surface area (Å²) in [7, 11) is 2.24. The van der Waals surface area contributed by atoms with Crippen molar-refractivity contribution in [1.82, 2.24) is 9.80 Å². The van der Waals surface area contributed by atoms with E-state index in [1.54, 1.807) is 0 Å². The van der Waals surface area contributed by atoms with Gasteiger partial charge in [0.05, 0.1) is 0 Å². The average Bonchev–Trinajstić information content (AvgIpc) is 2.27. The number of nitrogens with zero attached hydrogens (tertiary/aromatic N) is 2. The molecule has 1 saturated heterocycles. The second kappa shape index (κ2) is 5.83. The SMILES string of the molecule is CC1CN(C)C(CCN)CN(C(C)C)C1. The molecule has 0 aliphatic carbocycles. The van der Waals surface area contributed by atoms with Crippen molar-refractivity contribution in [3.05, 3.63) is 0 Å². The molecule has 2 N–H and O–H groups in total. The highest BCUT2D eigenvalue weighted by Gasteiger charge is 2.26. The fraction of sp³-hybridized carbons (Fsp3) is 1.00. The molecular weight excluding hydrogens is 186 g/mol. The van der Waals surface area contributed by atoms with Crippen LogP contribution in [0.4, 0.5) is 0 Å². The minimum absolute atomic E-state index is 0.641. The summed E-state index contributed by atoms with van der Waals surface area (Å²) in [5.41, 5.74) is 5.68. The molecule has 0 radical (unpaired) electrons. The lowest BCUT2D eigenvalue weighted by molar-refractivity contribution is 0.174. The van der Waals surface area contributed by atoms with E-state index in [-0.39, 0.29) is 0 Å². The van der Waals surface area contributed by atoms with Gasteiger partial charge in [-0.25, -0.2) is 0 Å². The first kappa shape index (κ1) is 12.9. The molecule has 0 bridgehead atoms. The van der Waals surface area contributed by atoms with Gasteiger partial charge in [0.15, 0.2) is 0 Å². The Bertz CT molecular complexity index is 182. The van der Waals surface area contributed by atoms with Gasteiger partial charge in [-0.05, 0) is 39.8 Å². The van der Waals surface area contributed by atoms with E-state index in [1.165, 1.54) is 19.6 Å². The third kappa shape index (κ3) is 3.74. The Morgan fingerprint density at radius 3 is 2.47 bits per heavy atom. The maximum atomic E-state index is 5.68. The Morgan fingerprint density at radius 1 is 1.27 bits per heavy atom. The molecule has 3 nitrogen and oxygen atoms in total. The van der Waals surface area contributed by atoms with E-state index >= 15 is 0 Å². The molecule has 2 atom stereocenters. The first-order valence-corrected chi connectivity index (χ1v) is 6.19. The van der Waals surface area contributed by atoms with Gasteiger partial charge >= 0.3 is 0 Å². The summed E-state index contributed by atoms with van der Waals surface area (Å²) in [6, 6.07) is 1.29. The lowest BCUT2D eigenvalue weighted by atomic mass is 10.1. The van der Waals surface area contributed by atoms with E-state index in [1.807, 2.05) is 0 Å². The van der Waals surface area contributed by atoms with Crippen molar-refractivity contribution < 1.29 is 0 Å².